The van der Waals surface area contributed by atoms with Crippen LogP contribution in [0.2, 0.25) is 0 Å². The molecule has 3 heteroatoms. The minimum atomic E-state index is 0.653. The third kappa shape index (κ3) is 7.64. The van der Waals surface area contributed by atoms with E-state index in [2.05, 4.69) is 19.2 Å². The molecule has 1 N–H and O–H groups in total. The number of likely N-dealkylation sites (N-methyl/N-ethyl adjacent to an activating group) is 1. The largest absolute Gasteiger partial charge is 0.490 e. The molecule has 0 radical (unpaired) electrons. The molecule has 0 spiro atoms. The molecule has 1 aromatic carbocycles. The van der Waals surface area contributed by atoms with Gasteiger partial charge in [-0.15, -0.1) is 0 Å². The molecule has 1 rings (SSSR count). The van der Waals surface area contributed by atoms with Crippen LogP contribution in [0.25, 0.3) is 0 Å². The molecule has 0 amide bonds. The quantitative estimate of drug-likeness (QED) is 0.774. The summed E-state index contributed by atoms with van der Waals surface area (Å²) in [6.07, 6.45) is 1.25. The third-order valence-electron chi connectivity index (χ3n) is 1.76. The van der Waals surface area contributed by atoms with Gasteiger partial charge >= 0.3 is 0 Å². The van der Waals surface area contributed by atoms with Gasteiger partial charge in [-0.3, -0.25) is 0 Å². The van der Waals surface area contributed by atoms with E-state index in [1.165, 1.54) is 6.42 Å². The standard InChI is InChI=1S/C11H17NO2.C3H8/c1-3-13-10-6-4-5-7-11(10)14-9-8-12-2;1-3-2/h4-7,12H,3,8-9H2,1-2H3;3H2,1-2H3. The van der Waals surface area contributed by atoms with Crippen molar-refractivity contribution in [2.45, 2.75) is 27.2 Å². The first-order chi connectivity index (χ1) is 8.29. The number of nitrogens with one attached hydrogen (secondary N) is 1. The zero-order chi connectivity index (χ0) is 12.9. The molecule has 3 nitrogen and oxygen atoms in total. The highest BCUT2D eigenvalue weighted by atomic mass is 16.5. The first-order valence-electron chi connectivity index (χ1n) is 6.29. The van der Waals surface area contributed by atoms with Crippen LogP contribution in [0.1, 0.15) is 27.2 Å². The molecule has 98 valence electrons. The lowest BCUT2D eigenvalue weighted by atomic mass is 10.3. The second-order valence-corrected chi connectivity index (χ2v) is 3.54. The van der Waals surface area contributed by atoms with Gasteiger partial charge in [-0.25, -0.2) is 0 Å². The van der Waals surface area contributed by atoms with E-state index in [1.54, 1.807) is 0 Å². The van der Waals surface area contributed by atoms with E-state index >= 15 is 0 Å². The summed E-state index contributed by atoms with van der Waals surface area (Å²) < 4.78 is 11.0. The van der Waals surface area contributed by atoms with Gasteiger partial charge in [0.15, 0.2) is 11.5 Å². The number of benzene rings is 1. The molecule has 1 aromatic rings. The van der Waals surface area contributed by atoms with Crippen molar-refractivity contribution < 1.29 is 9.47 Å². The molecule has 0 aliphatic rings. The van der Waals surface area contributed by atoms with Crippen molar-refractivity contribution in [2.75, 3.05) is 26.8 Å². The Bertz CT molecular complexity index is 277. The Balaban J connectivity index is 0.000000770. The normalized spacial score (nSPS) is 9.18. The molecule has 0 bridgehead atoms. The Hall–Kier alpha value is -1.22. The van der Waals surface area contributed by atoms with Crippen LogP contribution >= 0.6 is 0 Å². The Morgan fingerprint density at radius 2 is 1.53 bits per heavy atom. The predicted molar refractivity (Wildman–Crippen MR) is 73.0 cm³/mol. The van der Waals surface area contributed by atoms with E-state index in [9.17, 15) is 0 Å². The van der Waals surface area contributed by atoms with Gasteiger partial charge in [0.2, 0.25) is 0 Å². The average molecular weight is 239 g/mol. The average Bonchev–Trinajstić information content (AvgIpc) is 2.33. The fourth-order valence-electron chi connectivity index (χ4n) is 1.11. The fourth-order valence-corrected chi connectivity index (χ4v) is 1.11. The second-order valence-electron chi connectivity index (χ2n) is 3.54. The molecule has 0 heterocycles. The molecular weight excluding hydrogens is 214 g/mol. The van der Waals surface area contributed by atoms with Gasteiger partial charge in [-0.2, -0.15) is 0 Å². The first kappa shape index (κ1) is 15.8. The lowest BCUT2D eigenvalue weighted by Crippen LogP contribution is -2.16. The fraction of sp³-hybridized carbons (Fsp3) is 0.571. The lowest BCUT2D eigenvalue weighted by molar-refractivity contribution is 0.278. The van der Waals surface area contributed by atoms with E-state index in [4.69, 9.17) is 9.47 Å². The van der Waals surface area contributed by atoms with Crippen molar-refractivity contribution >= 4 is 0 Å². The second kappa shape index (κ2) is 11.3. The van der Waals surface area contributed by atoms with E-state index in [-0.39, 0.29) is 0 Å². The molecule has 0 atom stereocenters. The topological polar surface area (TPSA) is 30.5 Å². The van der Waals surface area contributed by atoms with Gasteiger partial charge in [-0.1, -0.05) is 32.4 Å². The minimum absolute atomic E-state index is 0.653. The minimum Gasteiger partial charge on any atom is -0.490 e. The summed E-state index contributed by atoms with van der Waals surface area (Å²) in [6.45, 7) is 8.36. The summed E-state index contributed by atoms with van der Waals surface area (Å²) in [6, 6.07) is 7.71. The molecule has 0 saturated carbocycles. The van der Waals surface area contributed by atoms with Crippen LogP contribution < -0.4 is 14.8 Å². The predicted octanol–water partition coefficient (Wildman–Crippen LogP) is 3.10. The van der Waals surface area contributed by atoms with Crippen LogP contribution in [0.3, 0.4) is 0 Å². The highest BCUT2D eigenvalue weighted by Crippen LogP contribution is 2.25. The van der Waals surface area contributed by atoms with Crippen molar-refractivity contribution in [1.29, 1.82) is 0 Å². The molecule has 17 heavy (non-hydrogen) atoms. The van der Waals surface area contributed by atoms with Crippen molar-refractivity contribution in [3.05, 3.63) is 24.3 Å². The van der Waals surface area contributed by atoms with Gasteiger partial charge in [0.05, 0.1) is 6.61 Å². The summed E-state index contributed by atoms with van der Waals surface area (Å²) in [7, 11) is 1.90. The molecule has 0 aliphatic heterocycles. The van der Waals surface area contributed by atoms with E-state index < -0.39 is 0 Å². The van der Waals surface area contributed by atoms with Crippen LogP contribution in [0.5, 0.6) is 11.5 Å². The molecule has 0 saturated heterocycles. The van der Waals surface area contributed by atoms with Crippen LogP contribution in [0.15, 0.2) is 24.3 Å². The van der Waals surface area contributed by atoms with Crippen LogP contribution in [-0.4, -0.2) is 26.8 Å². The summed E-state index contributed by atoms with van der Waals surface area (Å²) >= 11 is 0. The zero-order valence-corrected chi connectivity index (χ0v) is 11.5. The number of hydrogen-bond acceptors (Lipinski definition) is 3. The van der Waals surface area contributed by atoms with Crippen LogP contribution in [0.4, 0.5) is 0 Å². The molecular formula is C14H25NO2. The molecule has 0 fully saturated rings. The maximum Gasteiger partial charge on any atom is 0.161 e. The number of ether oxygens (including phenoxy) is 2. The summed E-state index contributed by atoms with van der Waals surface area (Å²) in [5.41, 5.74) is 0. The van der Waals surface area contributed by atoms with Gasteiger partial charge in [0.25, 0.3) is 0 Å². The maximum atomic E-state index is 5.54. The Labute approximate surface area is 105 Å². The summed E-state index contributed by atoms with van der Waals surface area (Å²) in [5.74, 6) is 1.62. The van der Waals surface area contributed by atoms with Crippen LogP contribution in [0, 0.1) is 0 Å². The van der Waals surface area contributed by atoms with E-state index in [0.717, 1.165) is 18.0 Å². The summed E-state index contributed by atoms with van der Waals surface area (Å²) in [5, 5.41) is 3.02. The Kier molecular flexibility index (Phi) is 10.5. The summed E-state index contributed by atoms with van der Waals surface area (Å²) in [4.78, 5) is 0. The van der Waals surface area contributed by atoms with Crippen molar-refractivity contribution in [3.63, 3.8) is 0 Å². The van der Waals surface area contributed by atoms with Crippen molar-refractivity contribution in [2.24, 2.45) is 0 Å². The smallest absolute Gasteiger partial charge is 0.161 e. The number of hydrogen-bond donors (Lipinski definition) is 1. The molecule has 0 unspecified atom stereocenters. The first-order valence-corrected chi connectivity index (χ1v) is 6.29. The molecule has 0 aromatic heterocycles. The highest BCUT2D eigenvalue weighted by Gasteiger charge is 2.01. The van der Waals surface area contributed by atoms with E-state index in [1.807, 2.05) is 38.2 Å². The van der Waals surface area contributed by atoms with Gasteiger partial charge in [0.1, 0.15) is 6.61 Å². The van der Waals surface area contributed by atoms with Crippen LogP contribution in [-0.2, 0) is 0 Å². The Morgan fingerprint density at radius 3 is 2.00 bits per heavy atom. The SMILES string of the molecule is CCC.CCOc1ccccc1OCCNC. The maximum absolute atomic E-state index is 5.54. The van der Waals surface area contributed by atoms with Gasteiger partial charge in [0, 0.05) is 6.54 Å². The number of rotatable bonds is 6. The monoisotopic (exact) mass is 239 g/mol. The lowest BCUT2D eigenvalue weighted by Gasteiger charge is -2.10. The van der Waals surface area contributed by atoms with E-state index in [0.29, 0.717) is 13.2 Å². The Morgan fingerprint density at radius 1 is 1.00 bits per heavy atom. The molecule has 0 aliphatic carbocycles. The van der Waals surface area contributed by atoms with Crippen molar-refractivity contribution in [3.8, 4) is 11.5 Å². The third-order valence-corrected chi connectivity index (χ3v) is 1.76. The van der Waals surface area contributed by atoms with Gasteiger partial charge < -0.3 is 14.8 Å². The number of para-hydroxylation sites is 2. The highest BCUT2D eigenvalue weighted by molar-refractivity contribution is 5.39. The zero-order valence-electron chi connectivity index (χ0n) is 11.5. The van der Waals surface area contributed by atoms with Crippen molar-refractivity contribution in [1.82, 2.24) is 5.32 Å². The van der Waals surface area contributed by atoms with Gasteiger partial charge in [-0.05, 0) is 26.1 Å².